The highest BCUT2D eigenvalue weighted by Crippen LogP contribution is 2.27. The predicted molar refractivity (Wildman–Crippen MR) is 151 cm³/mol. The van der Waals surface area contributed by atoms with Crippen molar-refractivity contribution in [1.82, 2.24) is 30.3 Å². The molecule has 2 aromatic carbocycles. The van der Waals surface area contributed by atoms with Gasteiger partial charge in [0.25, 0.3) is 5.91 Å². The van der Waals surface area contributed by atoms with Crippen molar-refractivity contribution in [3.05, 3.63) is 64.7 Å². The number of hydrogen-bond acceptors (Lipinski definition) is 10. The molecule has 204 valence electrons. The Morgan fingerprint density at radius 1 is 1.08 bits per heavy atom. The Morgan fingerprint density at radius 3 is 2.59 bits per heavy atom. The molecule has 0 saturated carbocycles. The average Bonchev–Trinajstić information content (AvgIpc) is 3.53. The molecule has 0 unspecified atom stereocenters. The summed E-state index contributed by atoms with van der Waals surface area (Å²) in [5.41, 5.74) is 0.430. The number of carbonyl (C=O) groups is 2. The molecule has 2 amide bonds. The Labute approximate surface area is 241 Å². The van der Waals surface area contributed by atoms with Gasteiger partial charge in [0, 0.05) is 5.69 Å². The summed E-state index contributed by atoms with van der Waals surface area (Å²) in [4.78, 5) is 25.3. The number of anilines is 1. The van der Waals surface area contributed by atoms with Gasteiger partial charge in [-0.3, -0.25) is 19.5 Å². The first kappa shape index (κ1) is 28.8. The van der Waals surface area contributed by atoms with Crippen LogP contribution in [0.2, 0.25) is 5.02 Å². The zero-order chi connectivity index (χ0) is 27.8. The molecule has 0 spiro atoms. The smallest absolute Gasteiger partial charge is 0.256 e. The molecule has 2 aromatic heterocycles. The van der Waals surface area contributed by atoms with E-state index in [2.05, 4.69) is 31.0 Å². The van der Waals surface area contributed by atoms with Crippen molar-refractivity contribution in [2.75, 3.05) is 23.4 Å². The van der Waals surface area contributed by atoms with Gasteiger partial charge >= 0.3 is 0 Å². The first-order valence-electron chi connectivity index (χ1n) is 11.7. The normalized spacial score (nSPS) is 10.9. The molecule has 0 fully saturated rings. The fourth-order valence-electron chi connectivity index (χ4n) is 3.32. The molecular weight excluding hydrogens is 585 g/mol. The van der Waals surface area contributed by atoms with E-state index in [0.29, 0.717) is 34.2 Å². The van der Waals surface area contributed by atoms with E-state index in [4.69, 9.17) is 16.3 Å². The van der Waals surface area contributed by atoms with Crippen molar-refractivity contribution in [2.24, 2.45) is 0 Å². The van der Waals surface area contributed by atoms with Crippen LogP contribution in [0.1, 0.15) is 30.0 Å². The van der Waals surface area contributed by atoms with Crippen LogP contribution >= 0.6 is 46.5 Å². The van der Waals surface area contributed by atoms with Gasteiger partial charge in [-0.1, -0.05) is 59.5 Å². The van der Waals surface area contributed by atoms with Gasteiger partial charge in [-0.15, -0.1) is 20.4 Å². The van der Waals surface area contributed by atoms with Gasteiger partial charge in [-0.2, -0.15) is 0 Å². The number of halogens is 2. The maximum Gasteiger partial charge on any atom is 0.256 e. The van der Waals surface area contributed by atoms with E-state index in [1.807, 2.05) is 26.0 Å². The summed E-state index contributed by atoms with van der Waals surface area (Å²) in [7, 11) is 0. The van der Waals surface area contributed by atoms with Crippen LogP contribution in [-0.4, -0.2) is 54.9 Å². The number of thioether (sulfide) groups is 2. The number of hydrogen-bond donors (Lipinski definition) is 2. The Balaban J connectivity index is 1.51. The summed E-state index contributed by atoms with van der Waals surface area (Å²) in [6.45, 7) is 4.35. The summed E-state index contributed by atoms with van der Waals surface area (Å²) < 4.78 is 22.2. The third-order valence-corrected chi connectivity index (χ3v) is 8.05. The number of aromatic nitrogens is 5. The lowest BCUT2D eigenvalue weighted by atomic mass is 10.2. The van der Waals surface area contributed by atoms with Gasteiger partial charge in [0.05, 0.1) is 29.5 Å². The molecule has 15 heteroatoms. The predicted octanol–water partition coefficient (Wildman–Crippen LogP) is 5.08. The molecule has 39 heavy (non-hydrogen) atoms. The van der Waals surface area contributed by atoms with E-state index in [9.17, 15) is 14.0 Å². The first-order valence-corrected chi connectivity index (χ1v) is 14.8. The topological polar surface area (TPSA) is 124 Å². The Bertz CT molecular complexity index is 1430. The second kappa shape index (κ2) is 13.7. The van der Waals surface area contributed by atoms with E-state index in [-0.39, 0.29) is 28.8 Å². The number of ether oxygens (including phenoxy) is 1. The number of carbonyl (C=O) groups excluding carboxylic acids is 2. The molecule has 0 aliphatic carbocycles. The molecule has 0 radical (unpaired) electrons. The molecule has 0 aliphatic rings. The summed E-state index contributed by atoms with van der Waals surface area (Å²) in [6.07, 6.45) is 0. The van der Waals surface area contributed by atoms with E-state index >= 15 is 0 Å². The standard InChI is InChI=1S/C24H23ClFN7O3S3/c1-3-36-15-10-8-14(9-11-15)33-18(12-27-21(35)20-16(25)6-5-7-17(20)26)29-31-23(33)38-13-19(34)28-22-30-32-24(39-22)37-4-2/h5-11H,3-4,12-13H2,1-2H3,(H,27,35)(H,28,30,34). The zero-order valence-corrected chi connectivity index (χ0v) is 24.0. The number of nitrogens with one attached hydrogen (secondary N) is 2. The molecule has 4 rings (SSSR count). The number of amides is 2. The van der Waals surface area contributed by atoms with Gasteiger partial charge in [-0.05, 0) is 49.1 Å². The van der Waals surface area contributed by atoms with Crippen LogP contribution in [0.25, 0.3) is 5.69 Å². The molecule has 0 atom stereocenters. The van der Waals surface area contributed by atoms with Crippen molar-refractivity contribution in [2.45, 2.75) is 29.9 Å². The molecule has 10 nitrogen and oxygen atoms in total. The van der Waals surface area contributed by atoms with E-state index in [1.54, 1.807) is 28.5 Å². The summed E-state index contributed by atoms with van der Waals surface area (Å²) in [5.74, 6) is 0.238. The fraction of sp³-hybridized carbons (Fsp3) is 0.250. The van der Waals surface area contributed by atoms with Gasteiger partial charge in [0.2, 0.25) is 11.0 Å². The van der Waals surface area contributed by atoms with Crippen molar-refractivity contribution < 1.29 is 18.7 Å². The molecular formula is C24H23ClFN7O3S3. The molecule has 0 saturated heterocycles. The molecule has 0 bridgehead atoms. The highest BCUT2D eigenvalue weighted by Gasteiger charge is 2.20. The van der Waals surface area contributed by atoms with Crippen LogP contribution in [0.5, 0.6) is 5.75 Å². The van der Waals surface area contributed by atoms with Crippen LogP contribution in [-0.2, 0) is 11.3 Å². The highest BCUT2D eigenvalue weighted by molar-refractivity contribution is 8.01. The summed E-state index contributed by atoms with van der Waals surface area (Å²) >= 11 is 10.0. The van der Waals surface area contributed by atoms with E-state index in [0.717, 1.165) is 27.9 Å². The van der Waals surface area contributed by atoms with Crippen molar-refractivity contribution >= 4 is 63.4 Å². The average molecular weight is 608 g/mol. The monoisotopic (exact) mass is 607 g/mol. The minimum atomic E-state index is -0.730. The summed E-state index contributed by atoms with van der Waals surface area (Å²) in [6, 6.07) is 11.2. The lowest BCUT2D eigenvalue weighted by Crippen LogP contribution is -2.26. The number of rotatable bonds is 12. The van der Waals surface area contributed by atoms with Crippen LogP contribution in [0.15, 0.2) is 52.0 Å². The van der Waals surface area contributed by atoms with Gasteiger partial charge in [-0.25, -0.2) is 4.39 Å². The fourth-order valence-corrected chi connectivity index (χ4v) is 6.00. The van der Waals surface area contributed by atoms with Crippen molar-refractivity contribution in [1.29, 1.82) is 0 Å². The zero-order valence-electron chi connectivity index (χ0n) is 20.8. The Kier molecular flexibility index (Phi) is 10.1. The van der Waals surface area contributed by atoms with Gasteiger partial charge in [0.1, 0.15) is 11.6 Å². The second-order valence-corrected chi connectivity index (χ2v) is 11.4. The summed E-state index contributed by atoms with van der Waals surface area (Å²) in [5, 5.41) is 22.7. The van der Waals surface area contributed by atoms with Crippen LogP contribution < -0.4 is 15.4 Å². The van der Waals surface area contributed by atoms with E-state index in [1.165, 1.54) is 23.5 Å². The maximum absolute atomic E-state index is 14.2. The second-order valence-electron chi connectivity index (χ2n) is 7.58. The lowest BCUT2D eigenvalue weighted by molar-refractivity contribution is -0.113. The van der Waals surface area contributed by atoms with Crippen molar-refractivity contribution in [3.63, 3.8) is 0 Å². The van der Waals surface area contributed by atoms with Crippen molar-refractivity contribution in [3.8, 4) is 11.4 Å². The lowest BCUT2D eigenvalue weighted by Gasteiger charge is -2.12. The number of benzene rings is 2. The quantitative estimate of drug-likeness (QED) is 0.167. The SMILES string of the molecule is CCOc1ccc(-n2c(CNC(=O)c3c(F)cccc3Cl)nnc2SCC(=O)Nc2nnc(SCC)s2)cc1. The first-order chi connectivity index (χ1) is 18.9. The Hall–Kier alpha value is -3.20. The third kappa shape index (κ3) is 7.47. The molecule has 2 N–H and O–H groups in total. The number of nitrogens with zero attached hydrogens (tertiary/aromatic N) is 5. The molecule has 4 aromatic rings. The van der Waals surface area contributed by atoms with Crippen LogP contribution in [0.4, 0.5) is 9.52 Å². The Morgan fingerprint density at radius 2 is 1.87 bits per heavy atom. The highest BCUT2D eigenvalue weighted by atomic mass is 35.5. The minimum Gasteiger partial charge on any atom is -0.494 e. The van der Waals surface area contributed by atoms with Crippen LogP contribution in [0.3, 0.4) is 0 Å². The molecule has 0 aliphatic heterocycles. The van der Waals surface area contributed by atoms with E-state index < -0.39 is 11.7 Å². The van der Waals surface area contributed by atoms with Crippen LogP contribution in [0, 0.1) is 5.82 Å². The van der Waals surface area contributed by atoms with Gasteiger partial charge < -0.3 is 10.1 Å². The molecule has 2 heterocycles. The maximum atomic E-state index is 14.2. The largest absolute Gasteiger partial charge is 0.494 e. The van der Waals surface area contributed by atoms with Gasteiger partial charge in [0.15, 0.2) is 15.3 Å². The minimum absolute atomic E-state index is 0.00132. The third-order valence-electron chi connectivity index (χ3n) is 4.96.